The summed E-state index contributed by atoms with van der Waals surface area (Å²) in [5.41, 5.74) is 5.40. The van der Waals surface area contributed by atoms with Gasteiger partial charge in [0.25, 0.3) is 0 Å². The van der Waals surface area contributed by atoms with Crippen molar-refractivity contribution in [1.82, 2.24) is 0 Å². The molecule has 0 bridgehead atoms. The molecule has 0 saturated heterocycles. The Labute approximate surface area is 111 Å². The highest BCUT2D eigenvalue weighted by atomic mass is 79.9. The van der Waals surface area contributed by atoms with Crippen molar-refractivity contribution in [3.63, 3.8) is 0 Å². The predicted molar refractivity (Wildman–Crippen MR) is 68.0 cm³/mol. The van der Waals surface area contributed by atoms with E-state index in [4.69, 9.17) is 5.73 Å². The van der Waals surface area contributed by atoms with Crippen LogP contribution >= 0.6 is 27.3 Å². The van der Waals surface area contributed by atoms with Crippen LogP contribution in [0.4, 0.5) is 13.2 Å². The van der Waals surface area contributed by atoms with Crippen LogP contribution < -0.4 is 5.73 Å². The molecule has 1 aromatic heterocycles. The van der Waals surface area contributed by atoms with Gasteiger partial charge in [-0.05, 0) is 21.8 Å². The van der Waals surface area contributed by atoms with Crippen LogP contribution in [-0.2, 0) is 6.18 Å². The lowest BCUT2D eigenvalue weighted by molar-refractivity contribution is -0.137. The molecular formula is C11H15BrF3NS. The van der Waals surface area contributed by atoms with E-state index in [0.29, 0.717) is 4.88 Å². The van der Waals surface area contributed by atoms with Gasteiger partial charge >= 0.3 is 6.18 Å². The minimum atomic E-state index is -4.32. The van der Waals surface area contributed by atoms with Gasteiger partial charge < -0.3 is 5.73 Å². The van der Waals surface area contributed by atoms with Gasteiger partial charge in [0.2, 0.25) is 0 Å². The monoisotopic (exact) mass is 329 g/mol. The van der Waals surface area contributed by atoms with Crippen molar-refractivity contribution in [2.75, 3.05) is 0 Å². The second-order valence-corrected chi connectivity index (χ2v) is 5.63. The van der Waals surface area contributed by atoms with E-state index in [0.717, 1.165) is 29.6 Å². The van der Waals surface area contributed by atoms with Crippen LogP contribution in [-0.4, -0.2) is 0 Å². The van der Waals surface area contributed by atoms with E-state index in [1.807, 2.05) is 13.8 Å². The largest absolute Gasteiger partial charge is 0.418 e. The summed E-state index contributed by atoms with van der Waals surface area (Å²) in [5.74, 6) is 0.214. The van der Waals surface area contributed by atoms with Gasteiger partial charge in [0.1, 0.15) is 0 Å². The standard InChI is InChI=1S/C11H15BrF3NS/c1-3-6(4-2)9(16)10-8(12)7(5-17-10)11(13,14)15/h5-6,9H,3-4,16H2,1-2H3. The summed E-state index contributed by atoms with van der Waals surface area (Å²) < 4.78 is 38.0. The molecule has 0 aliphatic heterocycles. The number of hydrogen-bond acceptors (Lipinski definition) is 2. The molecule has 1 rings (SSSR count). The third kappa shape index (κ3) is 3.23. The molecule has 1 nitrogen and oxygen atoms in total. The Bertz CT molecular complexity index is 371. The maximum atomic E-state index is 12.6. The topological polar surface area (TPSA) is 26.0 Å². The zero-order valence-electron chi connectivity index (χ0n) is 9.64. The molecule has 0 aliphatic rings. The Morgan fingerprint density at radius 1 is 1.35 bits per heavy atom. The number of alkyl halides is 3. The first-order valence-electron chi connectivity index (χ1n) is 5.42. The molecule has 17 heavy (non-hydrogen) atoms. The fourth-order valence-electron chi connectivity index (χ4n) is 1.79. The van der Waals surface area contributed by atoms with Gasteiger partial charge in [0, 0.05) is 20.8 Å². The van der Waals surface area contributed by atoms with Crippen molar-refractivity contribution >= 4 is 27.3 Å². The highest BCUT2D eigenvalue weighted by Crippen LogP contribution is 2.43. The van der Waals surface area contributed by atoms with Crippen LogP contribution in [0.25, 0.3) is 0 Å². The van der Waals surface area contributed by atoms with Crippen molar-refractivity contribution in [3.8, 4) is 0 Å². The zero-order valence-corrected chi connectivity index (χ0v) is 12.0. The average Bonchev–Trinajstić information content (AvgIpc) is 2.61. The molecule has 98 valence electrons. The zero-order chi connectivity index (χ0) is 13.2. The van der Waals surface area contributed by atoms with Gasteiger partial charge in [-0.15, -0.1) is 11.3 Å². The van der Waals surface area contributed by atoms with Crippen molar-refractivity contribution in [2.45, 2.75) is 38.9 Å². The maximum Gasteiger partial charge on any atom is 0.418 e. The SMILES string of the molecule is CCC(CC)C(N)c1scc(C(F)(F)F)c1Br. The summed E-state index contributed by atoms with van der Waals surface area (Å²) in [7, 11) is 0. The molecule has 1 heterocycles. The Hall–Kier alpha value is -0.0700. The Morgan fingerprint density at radius 3 is 2.24 bits per heavy atom. The number of nitrogens with two attached hydrogens (primary N) is 1. The lowest BCUT2D eigenvalue weighted by atomic mass is 9.93. The molecule has 0 aromatic carbocycles. The smallest absolute Gasteiger partial charge is 0.323 e. The van der Waals surface area contributed by atoms with Crippen LogP contribution in [0.3, 0.4) is 0 Å². The molecule has 6 heteroatoms. The lowest BCUT2D eigenvalue weighted by Crippen LogP contribution is -2.20. The Kier molecular flexibility index (Phi) is 5.04. The highest BCUT2D eigenvalue weighted by Gasteiger charge is 2.36. The molecular weight excluding hydrogens is 315 g/mol. The van der Waals surface area contributed by atoms with Gasteiger partial charge in [-0.2, -0.15) is 13.2 Å². The maximum absolute atomic E-state index is 12.6. The predicted octanol–water partition coefficient (Wildman–Crippen LogP) is 4.97. The molecule has 1 unspecified atom stereocenters. The van der Waals surface area contributed by atoms with E-state index in [1.165, 1.54) is 0 Å². The summed E-state index contributed by atoms with van der Waals surface area (Å²) in [6, 6.07) is -0.333. The summed E-state index contributed by atoms with van der Waals surface area (Å²) in [6.45, 7) is 4.00. The van der Waals surface area contributed by atoms with Crippen molar-refractivity contribution < 1.29 is 13.2 Å². The van der Waals surface area contributed by atoms with Crippen molar-refractivity contribution in [3.05, 3.63) is 20.3 Å². The molecule has 0 spiro atoms. The first-order valence-corrected chi connectivity index (χ1v) is 7.09. The molecule has 1 atom stereocenters. The molecule has 0 fully saturated rings. The summed E-state index contributed by atoms with van der Waals surface area (Å²) >= 11 is 4.10. The number of hydrogen-bond donors (Lipinski definition) is 1. The van der Waals surface area contributed by atoms with Crippen LogP contribution in [0.5, 0.6) is 0 Å². The number of halogens is 4. The third-order valence-electron chi connectivity index (χ3n) is 2.92. The molecule has 0 radical (unpaired) electrons. The second kappa shape index (κ2) is 5.71. The normalized spacial score (nSPS) is 14.4. The van der Waals surface area contributed by atoms with Crippen LogP contribution in [0, 0.1) is 5.92 Å². The average molecular weight is 330 g/mol. The first kappa shape index (κ1) is 15.0. The number of thiophene rings is 1. The molecule has 0 saturated carbocycles. The van der Waals surface area contributed by atoms with Crippen LogP contribution in [0.1, 0.15) is 43.2 Å². The summed E-state index contributed by atoms with van der Waals surface area (Å²) in [5, 5.41) is 1.13. The Morgan fingerprint density at radius 2 is 1.88 bits per heavy atom. The van der Waals surface area contributed by atoms with Crippen LogP contribution in [0.15, 0.2) is 9.85 Å². The minimum absolute atomic E-state index is 0.106. The second-order valence-electron chi connectivity index (χ2n) is 3.93. The van der Waals surface area contributed by atoms with Crippen LogP contribution in [0.2, 0.25) is 0 Å². The highest BCUT2D eigenvalue weighted by molar-refractivity contribution is 9.10. The van der Waals surface area contributed by atoms with Gasteiger partial charge in [-0.25, -0.2) is 0 Å². The van der Waals surface area contributed by atoms with E-state index in [1.54, 1.807) is 0 Å². The number of rotatable bonds is 4. The van der Waals surface area contributed by atoms with E-state index in [9.17, 15) is 13.2 Å². The van der Waals surface area contributed by atoms with Gasteiger partial charge in [-0.1, -0.05) is 26.7 Å². The van der Waals surface area contributed by atoms with E-state index in [-0.39, 0.29) is 16.4 Å². The Balaban J connectivity index is 3.05. The fraction of sp³-hybridized carbons (Fsp3) is 0.636. The molecule has 0 amide bonds. The van der Waals surface area contributed by atoms with E-state index >= 15 is 0 Å². The quantitative estimate of drug-likeness (QED) is 0.829. The lowest BCUT2D eigenvalue weighted by Gasteiger charge is -2.20. The van der Waals surface area contributed by atoms with Gasteiger partial charge in [-0.3, -0.25) is 0 Å². The minimum Gasteiger partial charge on any atom is -0.323 e. The molecule has 1 aromatic rings. The fourth-order valence-corrected chi connectivity index (χ4v) is 3.88. The third-order valence-corrected chi connectivity index (χ3v) is 5.12. The van der Waals surface area contributed by atoms with Crippen molar-refractivity contribution in [1.29, 1.82) is 0 Å². The van der Waals surface area contributed by atoms with Gasteiger partial charge in [0.15, 0.2) is 0 Å². The van der Waals surface area contributed by atoms with E-state index in [2.05, 4.69) is 15.9 Å². The van der Waals surface area contributed by atoms with Gasteiger partial charge in [0.05, 0.1) is 5.56 Å². The summed E-state index contributed by atoms with van der Waals surface area (Å²) in [4.78, 5) is 0.589. The summed E-state index contributed by atoms with van der Waals surface area (Å²) in [6.07, 6.45) is -2.59. The molecule has 0 aliphatic carbocycles. The molecule has 2 N–H and O–H groups in total. The van der Waals surface area contributed by atoms with E-state index < -0.39 is 11.7 Å². The van der Waals surface area contributed by atoms with Crippen molar-refractivity contribution in [2.24, 2.45) is 11.7 Å². The first-order chi connectivity index (χ1) is 7.82.